The molecule has 0 saturated heterocycles. The highest BCUT2D eigenvalue weighted by atomic mass is 32.1. The Hall–Kier alpha value is -1.48. The fourth-order valence-electron chi connectivity index (χ4n) is 1.34. The molecule has 14 heavy (non-hydrogen) atoms. The molecule has 0 amide bonds. The largest absolute Gasteiger partial charge is 0.497 e. The van der Waals surface area contributed by atoms with Crippen LogP contribution in [0.25, 0.3) is 11.1 Å². The fraction of sp³-hybridized carbons (Fsp3) is 0.0909. The Balaban J connectivity index is 2.48. The third kappa shape index (κ3) is 1.72. The van der Waals surface area contributed by atoms with Crippen LogP contribution in [0.3, 0.4) is 0 Å². The molecule has 0 aliphatic carbocycles. The quantitative estimate of drug-likeness (QED) is 0.765. The monoisotopic (exact) mass is 205 g/mol. The molecule has 0 aliphatic heterocycles. The van der Waals surface area contributed by atoms with Gasteiger partial charge in [0.25, 0.3) is 0 Å². The van der Waals surface area contributed by atoms with E-state index < -0.39 is 0 Å². The van der Waals surface area contributed by atoms with Crippen molar-refractivity contribution in [3.63, 3.8) is 0 Å². The first kappa shape index (κ1) is 9.09. The summed E-state index contributed by atoms with van der Waals surface area (Å²) in [7, 11) is 1.65. The molecule has 1 aromatic heterocycles. The maximum atomic E-state index is 5.76. The molecule has 0 unspecified atom stereocenters. The minimum atomic E-state index is 0.727. The van der Waals surface area contributed by atoms with E-state index in [0.717, 1.165) is 17.0 Å². The van der Waals surface area contributed by atoms with Crippen LogP contribution in [0.2, 0.25) is 0 Å². The van der Waals surface area contributed by atoms with Crippen molar-refractivity contribution in [3.05, 3.63) is 35.0 Å². The highest BCUT2D eigenvalue weighted by Crippen LogP contribution is 2.28. The number of nitrogen functional groups attached to an aromatic ring is 1. The zero-order valence-corrected chi connectivity index (χ0v) is 8.67. The van der Waals surface area contributed by atoms with Gasteiger partial charge in [0.05, 0.1) is 7.11 Å². The maximum Gasteiger partial charge on any atom is 0.121 e. The van der Waals surface area contributed by atoms with Crippen LogP contribution in [0, 0.1) is 0 Å². The van der Waals surface area contributed by atoms with Gasteiger partial charge in [-0.05, 0) is 40.1 Å². The lowest BCUT2D eigenvalue weighted by atomic mass is 10.1. The zero-order chi connectivity index (χ0) is 9.97. The number of ether oxygens (including phenoxy) is 1. The van der Waals surface area contributed by atoms with E-state index >= 15 is 0 Å². The van der Waals surface area contributed by atoms with Gasteiger partial charge in [0.15, 0.2) is 0 Å². The lowest BCUT2D eigenvalue weighted by Crippen LogP contribution is -1.89. The van der Waals surface area contributed by atoms with Crippen LogP contribution in [0.4, 0.5) is 5.69 Å². The fourth-order valence-corrected chi connectivity index (χ4v) is 2.00. The molecule has 0 fully saturated rings. The summed E-state index contributed by atoms with van der Waals surface area (Å²) in [6.45, 7) is 0. The predicted molar refractivity (Wildman–Crippen MR) is 60.7 cm³/mol. The van der Waals surface area contributed by atoms with Crippen LogP contribution in [0.5, 0.6) is 5.75 Å². The molecular weight excluding hydrogens is 194 g/mol. The molecule has 0 bridgehead atoms. The first-order chi connectivity index (χ1) is 6.79. The van der Waals surface area contributed by atoms with Crippen molar-refractivity contribution in [2.75, 3.05) is 12.8 Å². The Bertz CT molecular complexity index is 423. The van der Waals surface area contributed by atoms with Gasteiger partial charge in [-0.25, -0.2) is 0 Å². The Morgan fingerprint density at radius 1 is 1.21 bits per heavy atom. The number of rotatable bonds is 2. The highest BCUT2D eigenvalue weighted by molar-refractivity contribution is 7.08. The number of benzene rings is 1. The smallest absolute Gasteiger partial charge is 0.121 e. The van der Waals surface area contributed by atoms with Gasteiger partial charge in [-0.1, -0.05) is 0 Å². The summed E-state index contributed by atoms with van der Waals surface area (Å²) in [4.78, 5) is 0. The van der Waals surface area contributed by atoms with E-state index in [2.05, 4.69) is 11.4 Å². The Kier molecular flexibility index (Phi) is 2.41. The first-order valence-electron chi connectivity index (χ1n) is 4.27. The van der Waals surface area contributed by atoms with Gasteiger partial charge >= 0.3 is 0 Å². The van der Waals surface area contributed by atoms with Gasteiger partial charge in [-0.2, -0.15) is 11.3 Å². The predicted octanol–water partition coefficient (Wildman–Crippen LogP) is 3.01. The third-order valence-corrected chi connectivity index (χ3v) is 2.70. The van der Waals surface area contributed by atoms with E-state index in [9.17, 15) is 0 Å². The minimum Gasteiger partial charge on any atom is -0.497 e. The maximum absolute atomic E-state index is 5.76. The Morgan fingerprint density at radius 2 is 2.07 bits per heavy atom. The molecule has 0 radical (unpaired) electrons. The van der Waals surface area contributed by atoms with Crippen LogP contribution in [0.1, 0.15) is 0 Å². The molecule has 3 heteroatoms. The van der Waals surface area contributed by atoms with Gasteiger partial charge in [-0.15, -0.1) is 0 Å². The van der Waals surface area contributed by atoms with Crippen molar-refractivity contribution >= 4 is 17.0 Å². The second-order valence-corrected chi connectivity index (χ2v) is 3.79. The van der Waals surface area contributed by atoms with Crippen molar-refractivity contribution in [2.45, 2.75) is 0 Å². The van der Waals surface area contributed by atoms with Crippen molar-refractivity contribution in [1.29, 1.82) is 0 Å². The summed E-state index contributed by atoms with van der Waals surface area (Å²) in [6, 6.07) is 7.82. The van der Waals surface area contributed by atoms with Crippen molar-refractivity contribution in [2.24, 2.45) is 0 Å². The Labute approximate surface area is 86.9 Å². The van der Waals surface area contributed by atoms with Gasteiger partial charge in [0.2, 0.25) is 0 Å². The lowest BCUT2D eigenvalue weighted by Gasteiger charge is -2.04. The molecule has 0 saturated carbocycles. The normalized spacial score (nSPS) is 10.1. The minimum absolute atomic E-state index is 0.727. The third-order valence-electron chi connectivity index (χ3n) is 2.02. The lowest BCUT2D eigenvalue weighted by molar-refractivity contribution is 0.415. The number of thiophene rings is 1. The second-order valence-electron chi connectivity index (χ2n) is 3.01. The average Bonchev–Trinajstić information content (AvgIpc) is 2.69. The summed E-state index contributed by atoms with van der Waals surface area (Å²) in [6.07, 6.45) is 0. The molecule has 0 atom stereocenters. The first-order valence-corrected chi connectivity index (χ1v) is 5.21. The molecule has 2 nitrogen and oxygen atoms in total. The van der Waals surface area contributed by atoms with Crippen LogP contribution in [-0.4, -0.2) is 7.11 Å². The summed E-state index contributed by atoms with van der Waals surface area (Å²) < 4.78 is 5.16. The van der Waals surface area contributed by atoms with Gasteiger partial charge < -0.3 is 10.5 Å². The second kappa shape index (κ2) is 3.72. The molecule has 0 aliphatic rings. The van der Waals surface area contributed by atoms with Crippen molar-refractivity contribution in [3.8, 4) is 16.9 Å². The number of methoxy groups -OCH3 is 1. The van der Waals surface area contributed by atoms with Gasteiger partial charge in [-0.3, -0.25) is 0 Å². The number of hydrogen-bond donors (Lipinski definition) is 1. The molecule has 72 valence electrons. The van der Waals surface area contributed by atoms with Crippen molar-refractivity contribution in [1.82, 2.24) is 0 Å². The van der Waals surface area contributed by atoms with E-state index in [0.29, 0.717) is 0 Å². The molecule has 1 heterocycles. The topological polar surface area (TPSA) is 35.2 Å². The number of hydrogen-bond acceptors (Lipinski definition) is 3. The molecule has 0 spiro atoms. The Morgan fingerprint density at radius 3 is 2.71 bits per heavy atom. The highest BCUT2D eigenvalue weighted by Gasteiger charge is 2.01. The van der Waals surface area contributed by atoms with E-state index in [4.69, 9.17) is 10.5 Å². The van der Waals surface area contributed by atoms with E-state index in [1.54, 1.807) is 18.4 Å². The molecule has 1 aromatic carbocycles. The summed E-state index contributed by atoms with van der Waals surface area (Å²) in [5, 5.41) is 4.14. The SMILES string of the molecule is COc1cc(N)cc(-c2ccsc2)c1. The summed E-state index contributed by atoms with van der Waals surface area (Å²) in [5.74, 6) is 0.797. The van der Waals surface area contributed by atoms with Gasteiger partial charge in [0.1, 0.15) is 5.75 Å². The molecule has 2 rings (SSSR count). The summed E-state index contributed by atoms with van der Waals surface area (Å²) in [5.41, 5.74) is 8.77. The summed E-state index contributed by atoms with van der Waals surface area (Å²) >= 11 is 1.67. The van der Waals surface area contributed by atoms with E-state index in [-0.39, 0.29) is 0 Å². The van der Waals surface area contributed by atoms with E-state index in [1.807, 2.05) is 23.6 Å². The van der Waals surface area contributed by atoms with Crippen LogP contribution in [0.15, 0.2) is 35.0 Å². The average molecular weight is 205 g/mol. The van der Waals surface area contributed by atoms with Crippen LogP contribution in [-0.2, 0) is 0 Å². The molecule has 2 aromatic rings. The number of nitrogens with two attached hydrogens (primary N) is 1. The van der Waals surface area contributed by atoms with Crippen LogP contribution >= 0.6 is 11.3 Å². The van der Waals surface area contributed by atoms with E-state index in [1.165, 1.54) is 5.56 Å². The number of anilines is 1. The zero-order valence-electron chi connectivity index (χ0n) is 7.86. The molecular formula is C11H11NOS. The van der Waals surface area contributed by atoms with Crippen LogP contribution < -0.4 is 10.5 Å². The standard InChI is InChI=1S/C11H11NOS/c1-13-11-5-9(4-10(12)6-11)8-2-3-14-7-8/h2-7H,12H2,1H3. The molecule has 2 N–H and O–H groups in total. The van der Waals surface area contributed by atoms with Crippen molar-refractivity contribution < 1.29 is 4.74 Å². The van der Waals surface area contributed by atoms with Gasteiger partial charge in [0, 0.05) is 11.8 Å².